The van der Waals surface area contributed by atoms with Crippen LogP contribution in [0.3, 0.4) is 0 Å². The minimum atomic E-state index is -0.182. The first kappa shape index (κ1) is 13.8. The average molecular weight is 239 g/mol. The highest BCUT2D eigenvalue weighted by atomic mass is 16.4. The summed E-state index contributed by atoms with van der Waals surface area (Å²) in [4.78, 5) is 11.8. The molecule has 0 aromatic carbocycles. The van der Waals surface area contributed by atoms with Gasteiger partial charge in [-0.05, 0) is 38.3 Å². The SMILES string of the molecule is CCc1oc(C(=O)NC(C)CCCO)cc1C. The van der Waals surface area contributed by atoms with Gasteiger partial charge in [0.05, 0.1) is 0 Å². The van der Waals surface area contributed by atoms with Crippen LogP contribution >= 0.6 is 0 Å². The summed E-state index contributed by atoms with van der Waals surface area (Å²) < 4.78 is 5.47. The Balaban J connectivity index is 2.57. The third-order valence-electron chi connectivity index (χ3n) is 2.74. The average Bonchev–Trinajstić information content (AvgIpc) is 2.68. The molecule has 0 bridgehead atoms. The Hall–Kier alpha value is -1.29. The number of hydrogen-bond acceptors (Lipinski definition) is 3. The summed E-state index contributed by atoms with van der Waals surface area (Å²) in [6, 6.07) is 1.82. The monoisotopic (exact) mass is 239 g/mol. The molecule has 1 rings (SSSR count). The minimum Gasteiger partial charge on any atom is -0.456 e. The summed E-state index contributed by atoms with van der Waals surface area (Å²) in [5.41, 5.74) is 1.01. The number of furan rings is 1. The molecule has 96 valence electrons. The summed E-state index contributed by atoms with van der Waals surface area (Å²) in [5.74, 6) is 1.05. The number of nitrogens with one attached hydrogen (secondary N) is 1. The molecule has 4 heteroatoms. The predicted molar refractivity (Wildman–Crippen MR) is 66.1 cm³/mol. The topological polar surface area (TPSA) is 62.5 Å². The van der Waals surface area contributed by atoms with E-state index in [0.29, 0.717) is 12.2 Å². The van der Waals surface area contributed by atoms with Crippen LogP contribution in [0.2, 0.25) is 0 Å². The quantitative estimate of drug-likeness (QED) is 0.798. The lowest BCUT2D eigenvalue weighted by atomic mass is 10.2. The van der Waals surface area contributed by atoms with E-state index in [9.17, 15) is 4.79 Å². The molecule has 0 aliphatic rings. The maximum atomic E-state index is 11.8. The fourth-order valence-electron chi connectivity index (χ4n) is 1.75. The molecule has 0 radical (unpaired) electrons. The van der Waals surface area contributed by atoms with Gasteiger partial charge in [0.25, 0.3) is 5.91 Å². The molecule has 1 aromatic rings. The van der Waals surface area contributed by atoms with Gasteiger partial charge in [0.15, 0.2) is 5.76 Å². The molecule has 1 unspecified atom stereocenters. The lowest BCUT2D eigenvalue weighted by Crippen LogP contribution is -2.32. The normalized spacial score (nSPS) is 12.5. The van der Waals surface area contributed by atoms with Gasteiger partial charge in [-0.15, -0.1) is 0 Å². The molecule has 1 amide bonds. The van der Waals surface area contributed by atoms with E-state index in [4.69, 9.17) is 9.52 Å². The van der Waals surface area contributed by atoms with Gasteiger partial charge < -0.3 is 14.8 Å². The van der Waals surface area contributed by atoms with Crippen LogP contribution in [0.5, 0.6) is 0 Å². The Morgan fingerprint density at radius 3 is 2.82 bits per heavy atom. The minimum absolute atomic E-state index is 0.0464. The zero-order chi connectivity index (χ0) is 12.8. The molecule has 0 spiro atoms. The first-order valence-electron chi connectivity index (χ1n) is 6.09. The van der Waals surface area contributed by atoms with Gasteiger partial charge in [-0.3, -0.25) is 4.79 Å². The van der Waals surface area contributed by atoms with E-state index in [1.54, 1.807) is 6.07 Å². The number of aliphatic hydroxyl groups excluding tert-OH is 1. The fourth-order valence-corrected chi connectivity index (χ4v) is 1.75. The lowest BCUT2D eigenvalue weighted by Gasteiger charge is -2.11. The van der Waals surface area contributed by atoms with Crippen molar-refractivity contribution in [1.29, 1.82) is 0 Å². The number of hydrogen-bond donors (Lipinski definition) is 2. The second kappa shape index (κ2) is 6.45. The predicted octanol–water partition coefficient (Wildman–Crippen LogP) is 2.04. The first-order chi connectivity index (χ1) is 8.08. The molecule has 0 aliphatic carbocycles. The van der Waals surface area contributed by atoms with Crippen LogP contribution in [0.1, 0.15) is 48.6 Å². The van der Waals surface area contributed by atoms with Crippen LogP contribution < -0.4 is 5.32 Å². The molecular formula is C13H21NO3. The standard InChI is InChI=1S/C13H21NO3/c1-4-11-9(2)8-12(17-11)13(16)14-10(3)6-5-7-15/h8,10,15H,4-7H2,1-3H3,(H,14,16). The third-order valence-corrected chi connectivity index (χ3v) is 2.74. The van der Waals surface area contributed by atoms with Crippen molar-refractivity contribution in [2.24, 2.45) is 0 Å². The smallest absolute Gasteiger partial charge is 0.287 e. The summed E-state index contributed by atoms with van der Waals surface area (Å²) in [6.45, 7) is 6.01. The number of carbonyl (C=O) groups is 1. The molecule has 1 aromatic heterocycles. The van der Waals surface area contributed by atoms with Gasteiger partial charge >= 0.3 is 0 Å². The zero-order valence-corrected chi connectivity index (χ0v) is 10.7. The molecule has 0 saturated carbocycles. The van der Waals surface area contributed by atoms with Crippen LogP contribution in [-0.4, -0.2) is 23.7 Å². The lowest BCUT2D eigenvalue weighted by molar-refractivity contribution is 0.0906. The van der Waals surface area contributed by atoms with Crippen molar-refractivity contribution in [3.05, 3.63) is 23.2 Å². The number of rotatable bonds is 6. The van der Waals surface area contributed by atoms with E-state index >= 15 is 0 Å². The second-order valence-corrected chi connectivity index (χ2v) is 4.31. The molecule has 1 heterocycles. The van der Waals surface area contributed by atoms with Crippen molar-refractivity contribution >= 4 is 5.91 Å². The van der Waals surface area contributed by atoms with Gasteiger partial charge in [0, 0.05) is 19.1 Å². The van der Waals surface area contributed by atoms with E-state index in [1.807, 2.05) is 20.8 Å². The fraction of sp³-hybridized carbons (Fsp3) is 0.615. The maximum absolute atomic E-state index is 11.8. The van der Waals surface area contributed by atoms with E-state index in [2.05, 4.69) is 5.32 Å². The highest BCUT2D eigenvalue weighted by Gasteiger charge is 2.15. The van der Waals surface area contributed by atoms with Crippen LogP contribution in [0.15, 0.2) is 10.5 Å². The van der Waals surface area contributed by atoms with Gasteiger partial charge in [0.1, 0.15) is 5.76 Å². The molecular weight excluding hydrogens is 218 g/mol. The molecule has 1 atom stereocenters. The van der Waals surface area contributed by atoms with Crippen molar-refractivity contribution < 1.29 is 14.3 Å². The molecule has 2 N–H and O–H groups in total. The van der Waals surface area contributed by atoms with Crippen molar-refractivity contribution in [2.45, 2.75) is 46.1 Å². The number of amides is 1. The molecule has 4 nitrogen and oxygen atoms in total. The number of aliphatic hydroxyl groups is 1. The van der Waals surface area contributed by atoms with Crippen molar-refractivity contribution in [1.82, 2.24) is 5.32 Å². The van der Waals surface area contributed by atoms with Crippen LogP contribution in [0.25, 0.3) is 0 Å². The van der Waals surface area contributed by atoms with Crippen LogP contribution in [0, 0.1) is 6.92 Å². The van der Waals surface area contributed by atoms with Crippen molar-refractivity contribution in [3.8, 4) is 0 Å². The van der Waals surface area contributed by atoms with Crippen LogP contribution in [-0.2, 0) is 6.42 Å². The summed E-state index contributed by atoms with van der Waals surface area (Å²) in [6.07, 6.45) is 2.25. The van der Waals surface area contributed by atoms with Gasteiger partial charge in [-0.25, -0.2) is 0 Å². The van der Waals surface area contributed by atoms with Gasteiger partial charge in [-0.1, -0.05) is 6.92 Å². The maximum Gasteiger partial charge on any atom is 0.287 e. The van der Waals surface area contributed by atoms with Crippen LogP contribution in [0.4, 0.5) is 0 Å². The Morgan fingerprint density at radius 1 is 1.59 bits per heavy atom. The molecule has 17 heavy (non-hydrogen) atoms. The highest BCUT2D eigenvalue weighted by molar-refractivity contribution is 5.91. The number of carbonyl (C=O) groups excluding carboxylic acids is 1. The Morgan fingerprint density at radius 2 is 2.29 bits per heavy atom. The summed E-state index contributed by atoms with van der Waals surface area (Å²) >= 11 is 0. The largest absolute Gasteiger partial charge is 0.456 e. The second-order valence-electron chi connectivity index (χ2n) is 4.31. The third kappa shape index (κ3) is 3.89. The van der Waals surface area contributed by atoms with Gasteiger partial charge in [-0.2, -0.15) is 0 Å². The van der Waals surface area contributed by atoms with E-state index in [0.717, 1.165) is 24.2 Å². The molecule has 0 aliphatic heterocycles. The Kier molecular flexibility index (Phi) is 5.22. The molecule has 0 fully saturated rings. The van der Waals surface area contributed by atoms with Gasteiger partial charge in [0.2, 0.25) is 0 Å². The Bertz CT molecular complexity index is 371. The zero-order valence-electron chi connectivity index (χ0n) is 10.7. The number of aryl methyl sites for hydroxylation is 2. The van der Waals surface area contributed by atoms with E-state index < -0.39 is 0 Å². The van der Waals surface area contributed by atoms with E-state index in [-0.39, 0.29) is 18.6 Å². The van der Waals surface area contributed by atoms with E-state index in [1.165, 1.54) is 0 Å². The Labute approximate surface area is 102 Å². The van der Waals surface area contributed by atoms with Crippen molar-refractivity contribution in [2.75, 3.05) is 6.61 Å². The van der Waals surface area contributed by atoms with Crippen molar-refractivity contribution in [3.63, 3.8) is 0 Å². The summed E-state index contributed by atoms with van der Waals surface area (Å²) in [7, 11) is 0. The highest BCUT2D eigenvalue weighted by Crippen LogP contribution is 2.15. The molecule has 0 saturated heterocycles. The first-order valence-corrected chi connectivity index (χ1v) is 6.09. The summed E-state index contributed by atoms with van der Waals surface area (Å²) in [5, 5.41) is 11.6.